The van der Waals surface area contributed by atoms with E-state index in [9.17, 15) is 24.3 Å². The normalized spacial score (nSPS) is 14.1. The number of hydrogen-bond donors (Lipinski definition) is 6. The second-order valence-corrected chi connectivity index (χ2v) is 7.46. The molecule has 0 saturated carbocycles. The Bertz CT molecular complexity index is 939. The number of H-pyrrole nitrogens is 1. The highest BCUT2D eigenvalue weighted by Crippen LogP contribution is 2.19. The molecule has 0 aliphatic rings. The maximum atomic E-state index is 12.8. The Hall–Kier alpha value is -3.40. The number of para-hydroxylation sites is 1. The first kappa shape index (κ1) is 22.9. The third-order valence-electron chi connectivity index (χ3n) is 4.77. The predicted molar refractivity (Wildman–Crippen MR) is 110 cm³/mol. The molecule has 0 radical (unpaired) electrons. The number of primary amides is 1. The summed E-state index contributed by atoms with van der Waals surface area (Å²) in [5.41, 5.74) is 12.6. The van der Waals surface area contributed by atoms with Gasteiger partial charge in [-0.15, -0.1) is 0 Å². The standard InChI is InChI=1S/C20H27N5O5/c1-10(2)17(22)19(28)24-14(18(27)25-15(20(29)30)8-16(21)26)7-11-9-23-13-6-4-3-5-12(11)13/h3-6,9-10,14-15,17,23H,7-8,22H2,1-2H3,(H2,21,26)(H,24,28)(H,25,27)(H,29,30). The summed E-state index contributed by atoms with van der Waals surface area (Å²) >= 11 is 0. The van der Waals surface area contributed by atoms with E-state index >= 15 is 0 Å². The molecule has 3 unspecified atom stereocenters. The first-order chi connectivity index (χ1) is 14.1. The molecule has 0 aliphatic heterocycles. The highest BCUT2D eigenvalue weighted by molar-refractivity contribution is 5.94. The number of benzene rings is 1. The van der Waals surface area contributed by atoms with Crippen LogP contribution in [0.5, 0.6) is 0 Å². The summed E-state index contributed by atoms with van der Waals surface area (Å²) in [5, 5.41) is 15.0. The summed E-state index contributed by atoms with van der Waals surface area (Å²) in [6.07, 6.45) is 1.24. The summed E-state index contributed by atoms with van der Waals surface area (Å²) in [7, 11) is 0. The lowest BCUT2D eigenvalue weighted by molar-refractivity contribution is -0.143. The number of carbonyl (C=O) groups is 4. The van der Waals surface area contributed by atoms with E-state index in [1.807, 2.05) is 24.3 Å². The SMILES string of the molecule is CC(C)C(N)C(=O)NC(Cc1c[nH]c2ccccc12)C(=O)NC(CC(N)=O)C(=O)O. The number of fused-ring (bicyclic) bond motifs is 1. The summed E-state index contributed by atoms with van der Waals surface area (Å²) in [5.74, 6) is -3.73. The number of nitrogens with two attached hydrogens (primary N) is 2. The molecule has 0 saturated heterocycles. The average molecular weight is 417 g/mol. The Balaban J connectivity index is 2.27. The number of aromatic nitrogens is 1. The van der Waals surface area contributed by atoms with Gasteiger partial charge in [0.05, 0.1) is 12.5 Å². The lowest BCUT2D eigenvalue weighted by atomic mass is 10.0. The fraction of sp³-hybridized carbons (Fsp3) is 0.400. The zero-order chi connectivity index (χ0) is 22.4. The zero-order valence-electron chi connectivity index (χ0n) is 16.8. The van der Waals surface area contributed by atoms with Gasteiger partial charge in [-0.1, -0.05) is 32.0 Å². The van der Waals surface area contributed by atoms with Crippen molar-refractivity contribution >= 4 is 34.6 Å². The number of carboxylic acids is 1. The van der Waals surface area contributed by atoms with Crippen molar-refractivity contribution in [1.29, 1.82) is 0 Å². The number of rotatable bonds is 10. The van der Waals surface area contributed by atoms with Gasteiger partial charge in [0.25, 0.3) is 0 Å². The second-order valence-electron chi connectivity index (χ2n) is 7.46. The Kier molecular flexibility index (Phi) is 7.54. The van der Waals surface area contributed by atoms with Gasteiger partial charge in [-0.2, -0.15) is 0 Å². The van der Waals surface area contributed by atoms with Crippen LogP contribution >= 0.6 is 0 Å². The van der Waals surface area contributed by atoms with Crippen LogP contribution in [0, 0.1) is 5.92 Å². The van der Waals surface area contributed by atoms with Crippen LogP contribution in [0.1, 0.15) is 25.8 Å². The fourth-order valence-corrected chi connectivity index (χ4v) is 2.97. The van der Waals surface area contributed by atoms with Crippen LogP contribution in [0.2, 0.25) is 0 Å². The number of aliphatic carboxylic acids is 1. The van der Waals surface area contributed by atoms with Crippen molar-refractivity contribution in [2.45, 2.75) is 44.8 Å². The van der Waals surface area contributed by atoms with Crippen LogP contribution in [0.25, 0.3) is 10.9 Å². The van der Waals surface area contributed by atoms with Gasteiger partial charge in [-0.05, 0) is 17.5 Å². The molecular formula is C20H27N5O5. The topological polar surface area (TPSA) is 180 Å². The molecule has 0 aliphatic carbocycles. The molecule has 2 aromatic rings. The summed E-state index contributed by atoms with van der Waals surface area (Å²) in [6.45, 7) is 3.54. The molecule has 2 rings (SSSR count). The van der Waals surface area contributed by atoms with E-state index in [1.54, 1.807) is 20.0 Å². The Labute approximate surface area is 173 Å². The molecule has 10 nitrogen and oxygen atoms in total. The first-order valence-electron chi connectivity index (χ1n) is 9.52. The molecular weight excluding hydrogens is 390 g/mol. The first-order valence-corrected chi connectivity index (χ1v) is 9.52. The van der Waals surface area contributed by atoms with Crippen LogP contribution in [0.15, 0.2) is 30.5 Å². The number of carbonyl (C=O) groups excluding carboxylic acids is 3. The number of aromatic amines is 1. The molecule has 1 aromatic heterocycles. The van der Waals surface area contributed by atoms with Gasteiger partial charge in [0.15, 0.2) is 0 Å². The molecule has 30 heavy (non-hydrogen) atoms. The van der Waals surface area contributed by atoms with Gasteiger partial charge < -0.3 is 32.2 Å². The van der Waals surface area contributed by atoms with Gasteiger partial charge in [0.1, 0.15) is 12.1 Å². The van der Waals surface area contributed by atoms with Crippen molar-refractivity contribution in [2.24, 2.45) is 17.4 Å². The maximum absolute atomic E-state index is 12.8. The van der Waals surface area contributed by atoms with E-state index in [4.69, 9.17) is 11.5 Å². The summed E-state index contributed by atoms with van der Waals surface area (Å²) in [6, 6.07) is 3.99. The third-order valence-corrected chi connectivity index (χ3v) is 4.77. The molecule has 0 spiro atoms. The zero-order valence-corrected chi connectivity index (χ0v) is 16.8. The van der Waals surface area contributed by atoms with Gasteiger partial charge in [-0.3, -0.25) is 14.4 Å². The van der Waals surface area contributed by atoms with Crippen molar-refractivity contribution in [1.82, 2.24) is 15.6 Å². The van der Waals surface area contributed by atoms with Crippen molar-refractivity contribution in [2.75, 3.05) is 0 Å². The van der Waals surface area contributed by atoms with E-state index < -0.39 is 48.2 Å². The Morgan fingerprint density at radius 2 is 1.70 bits per heavy atom. The Morgan fingerprint density at radius 3 is 2.30 bits per heavy atom. The van der Waals surface area contributed by atoms with E-state index in [1.165, 1.54) is 0 Å². The van der Waals surface area contributed by atoms with E-state index in [2.05, 4.69) is 15.6 Å². The molecule has 10 heteroatoms. The minimum atomic E-state index is -1.50. The number of nitrogens with one attached hydrogen (secondary N) is 3. The fourth-order valence-electron chi connectivity index (χ4n) is 2.97. The van der Waals surface area contributed by atoms with E-state index in [-0.39, 0.29) is 12.3 Å². The van der Waals surface area contributed by atoms with Gasteiger partial charge in [0, 0.05) is 23.5 Å². The highest BCUT2D eigenvalue weighted by Gasteiger charge is 2.30. The molecule has 162 valence electrons. The number of amides is 3. The van der Waals surface area contributed by atoms with E-state index in [0.717, 1.165) is 16.5 Å². The van der Waals surface area contributed by atoms with Gasteiger partial charge in [-0.25, -0.2) is 4.79 Å². The molecule has 3 amide bonds. The second kappa shape index (κ2) is 9.88. The molecule has 3 atom stereocenters. The molecule has 0 bridgehead atoms. The van der Waals surface area contributed by atoms with Crippen LogP contribution in [-0.2, 0) is 25.6 Å². The lowest BCUT2D eigenvalue weighted by Crippen LogP contribution is -2.56. The predicted octanol–water partition coefficient (Wildman–Crippen LogP) is -0.377. The summed E-state index contributed by atoms with van der Waals surface area (Å²) in [4.78, 5) is 50.9. The van der Waals surface area contributed by atoms with Crippen LogP contribution in [-0.4, -0.2) is 51.9 Å². The number of carboxylic acid groups (broad SMARTS) is 1. The van der Waals surface area contributed by atoms with Crippen LogP contribution in [0.4, 0.5) is 0 Å². The van der Waals surface area contributed by atoms with Crippen LogP contribution < -0.4 is 22.1 Å². The monoisotopic (exact) mass is 417 g/mol. The number of hydrogen-bond acceptors (Lipinski definition) is 5. The maximum Gasteiger partial charge on any atom is 0.326 e. The van der Waals surface area contributed by atoms with Crippen molar-refractivity contribution < 1.29 is 24.3 Å². The smallest absolute Gasteiger partial charge is 0.326 e. The van der Waals surface area contributed by atoms with Gasteiger partial charge in [0.2, 0.25) is 17.7 Å². The minimum Gasteiger partial charge on any atom is -0.480 e. The third kappa shape index (κ3) is 5.80. The van der Waals surface area contributed by atoms with Crippen LogP contribution in [0.3, 0.4) is 0 Å². The molecule has 1 aromatic carbocycles. The molecule has 1 heterocycles. The lowest BCUT2D eigenvalue weighted by Gasteiger charge is -2.23. The van der Waals surface area contributed by atoms with Crippen molar-refractivity contribution in [3.8, 4) is 0 Å². The molecule has 0 fully saturated rings. The van der Waals surface area contributed by atoms with E-state index in [0.29, 0.717) is 0 Å². The molecule has 8 N–H and O–H groups in total. The van der Waals surface area contributed by atoms with Gasteiger partial charge >= 0.3 is 5.97 Å². The quantitative estimate of drug-likeness (QED) is 0.306. The van der Waals surface area contributed by atoms with Crippen molar-refractivity contribution in [3.05, 3.63) is 36.0 Å². The Morgan fingerprint density at radius 1 is 1.07 bits per heavy atom. The van der Waals surface area contributed by atoms with Crippen molar-refractivity contribution in [3.63, 3.8) is 0 Å². The summed E-state index contributed by atoms with van der Waals surface area (Å²) < 4.78 is 0. The highest BCUT2D eigenvalue weighted by atomic mass is 16.4. The average Bonchev–Trinajstić information content (AvgIpc) is 3.08. The largest absolute Gasteiger partial charge is 0.480 e. The minimum absolute atomic E-state index is 0.0926.